The van der Waals surface area contributed by atoms with Crippen LogP contribution in [0.1, 0.15) is 32.1 Å². The molecule has 84 valence electrons. The second-order valence-electron chi connectivity index (χ2n) is 4.60. The standard InChI is InChI=1S/C11H19N3O/c12-9(11(13)15)5-7-6-14-10-4-2-1-3-8(7)10/h6,8-10,14H,1-5,12H2,(H2,13,15)/t8?,9-,10?/m0/s1. The molecule has 0 spiro atoms. The average molecular weight is 209 g/mol. The molecule has 1 saturated carbocycles. The fourth-order valence-electron chi connectivity index (χ4n) is 2.66. The number of nitrogens with two attached hydrogens (primary N) is 2. The van der Waals surface area contributed by atoms with Crippen LogP contribution in [0, 0.1) is 5.92 Å². The summed E-state index contributed by atoms with van der Waals surface area (Å²) in [7, 11) is 0. The zero-order chi connectivity index (χ0) is 10.8. The summed E-state index contributed by atoms with van der Waals surface area (Å²) in [5.41, 5.74) is 12.1. The van der Waals surface area contributed by atoms with Gasteiger partial charge in [-0.2, -0.15) is 0 Å². The highest BCUT2D eigenvalue weighted by Crippen LogP contribution is 2.35. The molecule has 0 aromatic heterocycles. The lowest BCUT2D eigenvalue weighted by molar-refractivity contribution is -0.119. The van der Waals surface area contributed by atoms with E-state index in [-0.39, 0.29) is 0 Å². The Hall–Kier alpha value is -1.03. The van der Waals surface area contributed by atoms with Gasteiger partial charge in [-0.3, -0.25) is 4.79 Å². The predicted octanol–water partition coefficient (Wildman–Crippen LogP) is 0.235. The molecule has 2 unspecified atom stereocenters. The lowest BCUT2D eigenvalue weighted by atomic mass is 9.80. The summed E-state index contributed by atoms with van der Waals surface area (Å²) in [6, 6.07) is 0.0487. The molecule has 4 nitrogen and oxygen atoms in total. The van der Waals surface area contributed by atoms with Crippen LogP contribution in [0.2, 0.25) is 0 Å². The molecule has 1 amide bonds. The van der Waals surface area contributed by atoms with Crippen molar-refractivity contribution in [3.8, 4) is 0 Å². The number of hydrogen-bond donors (Lipinski definition) is 3. The number of fused-ring (bicyclic) bond motifs is 1. The molecule has 3 atom stereocenters. The van der Waals surface area contributed by atoms with Crippen LogP contribution < -0.4 is 16.8 Å². The maximum Gasteiger partial charge on any atom is 0.234 e. The second kappa shape index (κ2) is 4.23. The molecule has 1 aliphatic heterocycles. The van der Waals surface area contributed by atoms with Crippen LogP contribution >= 0.6 is 0 Å². The maximum atomic E-state index is 10.9. The molecule has 0 aromatic rings. The van der Waals surface area contributed by atoms with Crippen molar-refractivity contribution in [2.24, 2.45) is 17.4 Å². The third kappa shape index (κ3) is 2.15. The van der Waals surface area contributed by atoms with Gasteiger partial charge in [-0.15, -0.1) is 0 Å². The first-order valence-corrected chi connectivity index (χ1v) is 5.68. The smallest absolute Gasteiger partial charge is 0.234 e. The fraction of sp³-hybridized carbons (Fsp3) is 0.727. The molecule has 0 radical (unpaired) electrons. The van der Waals surface area contributed by atoms with E-state index in [9.17, 15) is 4.79 Å². The number of carbonyl (C=O) groups excluding carboxylic acids is 1. The zero-order valence-corrected chi connectivity index (χ0v) is 8.91. The van der Waals surface area contributed by atoms with Gasteiger partial charge in [0.15, 0.2) is 0 Å². The summed E-state index contributed by atoms with van der Waals surface area (Å²) in [6.45, 7) is 0. The van der Waals surface area contributed by atoms with Crippen molar-refractivity contribution in [2.45, 2.75) is 44.2 Å². The molecule has 2 aliphatic rings. The topological polar surface area (TPSA) is 81.1 Å². The van der Waals surface area contributed by atoms with E-state index >= 15 is 0 Å². The van der Waals surface area contributed by atoms with Gasteiger partial charge in [0, 0.05) is 12.0 Å². The monoisotopic (exact) mass is 209 g/mol. The summed E-state index contributed by atoms with van der Waals surface area (Å²) in [5, 5.41) is 3.38. The Labute approximate surface area is 90.1 Å². The van der Waals surface area contributed by atoms with Crippen molar-refractivity contribution >= 4 is 5.91 Å². The number of primary amides is 1. The van der Waals surface area contributed by atoms with Gasteiger partial charge >= 0.3 is 0 Å². The number of nitrogens with one attached hydrogen (secondary N) is 1. The van der Waals surface area contributed by atoms with Gasteiger partial charge in [-0.25, -0.2) is 0 Å². The Morgan fingerprint density at radius 1 is 1.53 bits per heavy atom. The Balaban J connectivity index is 1.95. The maximum absolute atomic E-state index is 10.9. The lowest BCUT2D eigenvalue weighted by Crippen LogP contribution is -2.38. The van der Waals surface area contributed by atoms with Crippen LogP contribution in [0.3, 0.4) is 0 Å². The first-order valence-electron chi connectivity index (χ1n) is 5.68. The van der Waals surface area contributed by atoms with Gasteiger partial charge in [0.05, 0.1) is 6.04 Å². The summed E-state index contributed by atoms with van der Waals surface area (Å²) in [6.07, 6.45) is 7.70. The van der Waals surface area contributed by atoms with Crippen LogP contribution in [0.15, 0.2) is 11.8 Å². The van der Waals surface area contributed by atoms with E-state index in [0.29, 0.717) is 18.4 Å². The molecule has 1 fully saturated rings. The van der Waals surface area contributed by atoms with E-state index in [1.165, 1.54) is 31.3 Å². The van der Waals surface area contributed by atoms with Crippen LogP contribution in [-0.4, -0.2) is 18.0 Å². The largest absolute Gasteiger partial charge is 0.388 e. The lowest BCUT2D eigenvalue weighted by Gasteiger charge is -2.27. The summed E-state index contributed by atoms with van der Waals surface area (Å²) < 4.78 is 0. The molecular weight excluding hydrogens is 190 g/mol. The highest BCUT2D eigenvalue weighted by Gasteiger charge is 2.32. The van der Waals surface area contributed by atoms with E-state index in [1.807, 2.05) is 6.20 Å². The Kier molecular flexibility index (Phi) is 2.95. The third-order valence-electron chi connectivity index (χ3n) is 3.55. The van der Waals surface area contributed by atoms with Crippen molar-refractivity contribution in [1.82, 2.24) is 5.32 Å². The number of hydrogen-bond acceptors (Lipinski definition) is 3. The normalized spacial score (nSPS) is 31.4. The van der Waals surface area contributed by atoms with Gasteiger partial charge in [0.1, 0.15) is 0 Å². The Morgan fingerprint density at radius 3 is 3.00 bits per heavy atom. The summed E-state index contributed by atoms with van der Waals surface area (Å²) in [4.78, 5) is 10.9. The first-order chi connectivity index (χ1) is 7.18. The number of rotatable bonds is 3. The van der Waals surface area contributed by atoms with Crippen LogP contribution in [0.4, 0.5) is 0 Å². The molecule has 5 N–H and O–H groups in total. The highest BCUT2D eigenvalue weighted by atomic mass is 16.1. The van der Waals surface area contributed by atoms with Crippen molar-refractivity contribution in [3.63, 3.8) is 0 Å². The van der Waals surface area contributed by atoms with Crippen molar-refractivity contribution in [2.75, 3.05) is 0 Å². The van der Waals surface area contributed by atoms with Crippen LogP contribution in [0.25, 0.3) is 0 Å². The van der Waals surface area contributed by atoms with E-state index in [1.54, 1.807) is 0 Å². The van der Waals surface area contributed by atoms with E-state index in [2.05, 4.69) is 5.32 Å². The summed E-state index contributed by atoms with van der Waals surface area (Å²) >= 11 is 0. The molecule has 2 rings (SSSR count). The Bertz CT molecular complexity index is 288. The molecule has 0 bridgehead atoms. The summed E-state index contributed by atoms with van der Waals surface area (Å²) in [5.74, 6) is 0.180. The van der Waals surface area contributed by atoms with E-state index in [0.717, 1.165) is 0 Å². The molecule has 15 heavy (non-hydrogen) atoms. The quantitative estimate of drug-likeness (QED) is 0.622. The predicted molar refractivity (Wildman–Crippen MR) is 58.8 cm³/mol. The van der Waals surface area contributed by atoms with Gasteiger partial charge in [0.25, 0.3) is 0 Å². The van der Waals surface area contributed by atoms with Crippen molar-refractivity contribution in [1.29, 1.82) is 0 Å². The molecule has 0 saturated heterocycles. The van der Waals surface area contributed by atoms with E-state index in [4.69, 9.17) is 11.5 Å². The molecule has 4 heteroatoms. The molecular formula is C11H19N3O. The minimum absolute atomic E-state index is 0.407. The molecule has 1 heterocycles. The van der Waals surface area contributed by atoms with Gasteiger partial charge in [-0.1, -0.05) is 12.8 Å². The molecule has 0 aromatic carbocycles. The van der Waals surface area contributed by atoms with Gasteiger partial charge < -0.3 is 16.8 Å². The first kappa shape index (κ1) is 10.5. The van der Waals surface area contributed by atoms with E-state index < -0.39 is 11.9 Å². The van der Waals surface area contributed by atoms with Crippen LogP contribution in [0.5, 0.6) is 0 Å². The third-order valence-corrected chi connectivity index (χ3v) is 3.55. The SMILES string of the molecule is NC(=O)[C@@H](N)CC1=CNC2CCCCC12. The second-order valence-corrected chi connectivity index (χ2v) is 4.60. The molecule has 1 aliphatic carbocycles. The number of carbonyl (C=O) groups is 1. The average Bonchev–Trinajstić information content (AvgIpc) is 2.62. The van der Waals surface area contributed by atoms with Gasteiger partial charge in [-0.05, 0) is 31.0 Å². The van der Waals surface area contributed by atoms with Crippen molar-refractivity contribution < 1.29 is 4.79 Å². The minimum Gasteiger partial charge on any atom is -0.388 e. The van der Waals surface area contributed by atoms with Gasteiger partial charge in [0.2, 0.25) is 5.91 Å². The Morgan fingerprint density at radius 2 is 2.27 bits per heavy atom. The van der Waals surface area contributed by atoms with Crippen molar-refractivity contribution in [3.05, 3.63) is 11.8 Å². The minimum atomic E-state index is -0.529. The fourth-order valence-corrected chi connectivity index (χ4v) is 2.66. The zero-order valence-electron chi connectivity index (χ0n) is 8.91. The highest BCUT2D eigenvalue weighted by molar-refractivity contribution is 5.79. The number of amides is 1. The van der Waals surface area contributed by atoms with Crippen LogP contribution in [-0.2, 0) is 4.79 Å².